The summed E-state index contributed by atoms with van der Waals surface area (Å²) in [5.74, 6) is -0.250. The lowest BCUT2D eigenvalue weighted by Gasteiger charge is -2.12. The zero-order valence-corrected chi connectivity index (χ0v) is 15.9. The third-order valence-electron chi connectivity index (χ3n) is 4.08. The molecular weight excluding hydrogens is 360 g/mol. The summed E-state index contributed by atoms with van der Waals surface area (Å²) < 4.78 is 27.8. The van der Waals surface area contributed by atoms with E-state index in [1.54, 1.807) is 42.5 Å². The summed E-state index contributed by atoms with van der Waals surface area (Å²) in [4.78, 5) is 12.3. The highest BCUT2D eigenvalue weighted by Crippen LogP contribution is 2.22. The molecule has 1 amide bonds. The predicted molar refractivity (Wildman–Crippen MR) is 108 cm³/mol. The fraction of sp³-hybridized carbons (Fsp3) is 0.0952. The number of amides is 1. The molecular formula is C21H20N2O3S. The number of carbonyl (C=O) groups excluding carboxylic acids is 1. The Balaban J connectivity index is 1.75. The lowest BCUT2D eigenvalue weighted by Crippen LogP contribution is -2.14. The van der Waals surface area contributed by atoms with Gasteiger partial charge >= 0.3 is 0 Å². The van der Waals surface area contributed by atoms with Crippen LogP contribution in [0.4, 0.5) is 11.4 Å². The summed E-state index contributed by atoms with van der Waals surface area (Å²) in [6.45, 7) is 3.81. The highest BCUT2D eigenvalue weighted by atomic mass is 32.2. The van der Waals surface area contributed by atoms with Gasteiger partial charge < -0.3 is 5.32 Å². The van der Waals surface area contributed by atoms with Crippen molar-refractivity contribution in [1.29, 1.82) is 0 Å². The maximum atomic E-state index is 12.6. The second-order valence-corrected chi connectivity index (χ2v) is 7.95. The van der Waals surface area contributed by atoms with E-state index in [-0.39, 0.29) is 10.8 Å². The van der Waals surface area contributed by atoms with Crippen LogP contribution in [0.2, 0.25) is 0 Å². The first kappa shape index (κ1) is 18.7. The summed E-state index contributed by atoms with van der Waals surface area (Å²) in [7, 11) is -3.71. The first-order valence-corrected chi connectivity index (χ1v) is 9.90. The first-order valence-electron chi connectivity index (χ1n) is 8.42. The number of hydrogen-bond donors (Lipinski definition) is 2. The van der Waals surface area contributed by atoms with Crippen LogP contribution in [0.25, 0.3) is 0 Å². The van der Waals surface area contributed by atoms with Crippen LogP contribution < -0.4 is 10.0 Å². The van der Waals surface area contributed by atoms with Crippen LogP contribution in [0.5, 0.6) is 0 Å². The molecule has 2 N–H and O–H groups in total. The molecule has 0 saturated carbocycles. The number of benzene rings is 3. The molecule has 5 nitrogen and oxygen atoms in total. The van der Waals surface area contributed by atoms with Crippen LogP contribution >= 0.6 is 0 Å². The minimum absolute atomic E-state index is 0.125. The van der Waals surface area contributed by atoms with E-state index in [0.29, 0.717) is 16.9 Å². The predicted octanol–water partition coefficient (Wildman–Crippen LogP) is 4.36. The number of sulfonamides is 1. The maximum absolute atomic E-state index is 12.6. The van der Waals surface area contributed by atoms with Gasteiger partial charge in [-0.1, -0.05) is 35.9 Å². The van der Waals surface area contributed by atoms with Crippen molar-refractivity contribution in [3.8, 4) is 0 Å². The SMILES string of the molecule is Cc1ccc(NS(=O)(=O)c2ccc(NC(=O)c3ccccc3)cc2)c(C)c1. The smallest absolute Gasteiger partial charge is 0.261 e. The third-order valence-corrected chi connectivity index (χ3v) is 5.47. The first-order chi connectivity index (χ1) is 12.8. The second kappa shape index (κ2) is 7.63. The molecule has 138 valence electrons. The topological polar surface area (TPSA) is 75.3 Å². The number of aryl methyl sites for hydroxylation is 2. The number of anilines is 2. The molecule has 0 aliphatic heterocycles. The van der Waals surface area contributed by atoms with Crippen molar-refractivity contribution in [1.82, 2.24) is 0 Å². The molecule has 6 heteroatoms. The largest absolute Gasteiger partial charge is 0.322 e. The van der Waals surface area contributed by atoms with Crippen molar-refractivity contribution in [3.63, 3.8) is 0 Å². The van der Waals surface area contributed by atoms with Crippen LogP contribution in [0.15, 0.2) is 77.7 Å². The molecule has 0 aliphatic carbocycles. The van der Waals surface area contributed by atoms with E-state index in [9.17, 15) is 13.2 Å². The Bertz CT molecular complexity index is 1060. The van der Waals surface area contributed by atoms with Gasteiger partial charge in [0.15, 0.2) is 0 Å². The molecule has 0 aliphatic rings. The standard InChI is InChI=1S/C21H20N2O3S/c1-15-8-13-20(16(2)14-15)23-27(25,26)19-11-9-18(10-12-19)22-21(24)17-6-4-3-5-7-17/h3-14,23H,1-2H3,(H,22,24). The highest BCUT2D eigenvalue weighted by molar-refractivity contribution is 7.92. The molecule has 0 atom stereocenters. The average molecular weight is 380 g/mol. The minimum Gasteiger partial charge on any atom is -0.322 e. The molecule has 0 radical (unpaired) electrons. The number of nitrogens with one attached hydrogen (secondary N) is 2. The fourth-order valence-corrected chi connectivity index (χ4v) is 3.77. The van der Waals surface area contributed by atoms with Crippen molar-refractivity contribution in [3.05, 3.63) is 89.5 Å². The molecule has 0 unspecified atom stereocenters. The van der Waals surface area contributed by atoms with E-state index in [1.165, 1.54) is 12.1 Å². The van der Waals surface area contributed by atoms with Crippen molar-refractivity contribution >= 4 is 27.3 Å². The molecule has 0 spiro atoms. The molecule has 0 bridgehead atoms. The van der Waals surface area contributed by atoms with Crippen LogP contribution in [0, 0.1) is 13.8 Å². The Hall–Kier alpha value is -3.12. The highest BCUT2D eigenvalue weighted by Gasteiger charge is 2.15. The van der Waals surface area contributed by atoms with E-state index in [4.69, 9.17) is 0 Å². The Morgan fingerprint density at radius 2 is 1.52 bits per heavy atom. The molecule has 0 heterocycles. The van der Waals surface area contributed by atoms with Crippen LogP contribution in [-0.2, 0) is 10.0 Å². The van der Waals surface area contributed by atoms with Crippen molar-refractivity contribution in [2.75, 3.05) is 10.0 Å². The van der Waals surface area contributed by atoms with Gasteiger partial charge in [0, 0.05) is 11.3 Å². The Labute approximate surface area is 159 Å². The van der Waals surface area contributed by atoms with E-state index in [0.717, 1.165) is 11.1 Å². The number of hydrogen-bond acceptors (Lipinski definition) is 3. The summed E-state index contributed by atoms with van der Waals surface area (Å²) in [6.07, 6.45) is 0. The Kier molecular flexibility index (Phi) is 5.28. The van der Waals surface area contributed by atoms with Gasteiger partial charge in [-0.3, -0.25) is 9.52 Å². The minimum atomic E-state index is -3.71. The lowest BCUT2D eigenvalue weighted by atomic mass is 10.1. The number of carbonyl (C=O) groups is 1. The van der Waals surface area contributed by atoms with E-state index >= 15 is 0 Å². The Morgan fingerprint density at radius 3 is 2.15 bits per heavy atom. The van der Waals surface area contributed by atoms with Gasteiger partial charge in [-0.05, 0) is 61.9 Å². The molecule has 3 aromatic carbocycles. The Morgan fingerprint density at radius 1 is 0.852 bits per heavy atom. The van der Waals surface area contributed by atoms with Crippen molar-refractivity contribution in [2.45, 2.75) is 18.7 Å². The van der Waals surface area contributed by atoms with Crippen molar-refractivity contribution < 1.29 is 13.2 Å². The van der Waals surface area contributed by atoms with Gasteiger partial charge in [0.25, 0.3) is 15.9 Å². The van der Waals surface area contributed by atoms with Crippen LogP contribution in [0.1, 0.15) is 21.5 Å². The summed E-state index contributed by atoms with van der Waals surface area (Å²) in [5.41, 5.74) is 3.52. The van der Waals surface area contributed by atoms with Crippen LogP contribution in [0.3, 0.4) is 0 Å². The van der Waals surface area contributed by atoms with Crippen molar-refractivity contribution in [2.24, 2.45) is 0 Å². The number of rotatable bonds is 5. The normalized spacial score (nSPS) is 11.0. The zero-order valence-electron chi connectivity index (χ0n) is 15.1. The van der Waals surface area contributed by atoms with Gasteiger partial charge in [-0.15, -0.1) is 0 Å². The zero-order chi connectivity index (χ0) is 19.4. The molecule has 0 fully saturated rings. The molecule has 0 aromatic heterocycles. The second-order valence-electron chi connectivity index (χ2n) is 6.27. The van der Waals surface area contributed by atoms with Gasteiger partial charge in [0.2, 0.25) is 0 Å². The lowest BCUT2D eigenvalue weighted by molar-refractivity contribution is 0.102. The van der Waals surface area contributed by atoms with Gasteiger partial charge in [0.1, 0.15) is 0 Å². The molecule has 3 rings (SSSR count). The van der Waals surface area contributed by atoms with Gasteiger partial charge in [-0.2, -0.15) is 0 Å². The summed E-state index contributed by atoms with van der Waals surface area (Å²) in [5, 5.41) is 2.75. The summed E-state index contributed by atoms with van der Waals surface area (Å²) >= 11 is 0. The summed E-state index contributed by atoms with van der Waals surface area (Å²) in [6, 6.07) is 20.4. The van der Waals surface area contributed by atoms with E-state index in [1.807, 2.05) is 32.0 Å². The quantitative estimate of drug-likeness (QED) is 0.691. The van der Waals surface area contributed by atoms with E-state index in [2.05, 4.69) is 10.0 Å². The molecule has 0 saturated heterocycles. The monoisotopic (exact) mass is 380 g/mol. The maximum Gasteiger partial charge on any atom is 0.261 e. The third kappa shape index (κ3) is 4.54. The molecule has 27 heavy (non-hydrogen) atoms. The van der Waals surface area contributed by atoms with E-state index < -0.39 is 10.0 Å². The average Bonchev–Trinajstić information content (AvgIpc) is 2.65. The van der Waals surface area contributed by atoms with Crippen LogP contribution in [-0.4, -0.2) is 14.3 Å². The fourth-order valence-electron chi connectivity index (χ4n) is 2.64. The van der Waals surface area contributed by atoms with Gasteiger partial charge in [-0.25, -0.2) is 8.42 Å². The molecule has 3 aromatic rings. The van der Waals surface area contributed by atoms with Gasteiger partial charge in [0.05, 0.1) is 10.6 Å².